The highest BCUT2D eigenvalue weighted by molar-refractivity contribution is 7.98. The molecule has 3 rings (SSSR count). The van der Waals surface area contributed by atoms with Crippen molar-refractivity contribution in [3.05, 3.63) is 45.5 Å². The highest BCUT2D eigenvalue weighted by Gasteiger charge is 2.21. The number of ether oxygens (including phenoxy) is 1. The molecule has 0 saturated carbocycles. The number of pyridine rings is 1. The van der Waals surface area contributed by atoms with Gasteiger partial charge in [-0.25, -0.2) is 14.5 Å². The highest BCUT2D eigenvalue weighted by Crippen LogP contribution is 2.26. The van der Waals surface area contributed by atoms with Crippen molar-refractivity contribution in [1.82, 2.24) is 14.8 Å². The van der Waals surface area contributed by atoms with Crippen molar-refractivity contribution in [3.8, 4) is 5.82 Å². The standard InChI is InChI=1S/C16H19N3O3S/c1-16(2,3)9-22-15(21)10-4-5-13(17-6-10)19-14(20)11-7-23-8-12(11)18-19/h4-6,18H,7-9H2,1-3H3. The fourth-order valence-corrected chi connectivity index (χ4v) is 3.25. The molecule has 6 nitrogen and oxygen atoms in total. The summed E-state index contributed by atoms with van der Waals surface area (Å²) in [5.41, 5.74) is 1.99. The summed E-state index contributed by atoms with van der Waals surface area (Å²) in [6.45, 7) is 6.33. The maximum absolute atomic E-state index is 12.3. The molecule has 0 saturated heterocycles. The van der Waals surface area contributed by atoms with Gasteiger partial charge in [0.2, 0.25) is 0 Å². The van der Waals surface area contributed by atoms with Crippen molar-refractivity contribution in [3.63, 3.8) is 0 Å². The van der Waals surface area contributed by atoms with Gasteiger partial charge in [-0.05, 0) is 17.5 Å². The smallest absolute Gasteiger partial charge is 0.339 e. The zero-order chi connectivity index (χ0) is 16.6. The highest BCUT2D eigenvalue weighted by atomic mass is 32.2. The second-order valence-electron chi connectivity index (χ2n) is 6.74. The van der Waals surface area contributed by atoms with Gasteiger partial charge in [0.25, 0.3) is 5.56 Å². The van der Waals surface area contributed by atoms with Crippen LogP contribution in [0.15, 0.2) is 23.1 Å². The molecule has 1 aliphatic rings. The summed E-state index contributed by atoms with van der Waals surface area (Å²) in [7, 11) is 0. The van der Waals surface area contributed by atoms with Crippen LogP contribution in [-0.4, -0.2) is 27.3 Å². The monoisotopic (exact) mass is 333 g/mol. The number of esters is 1. The second-order valence-corrected chi connectivity index (χ2v) is 7.73. The molecule has 1 N–H and O–H groups in total. The third kappa shape index (κ3) is 3.34. The lowest BCUT2D eigenvalue weighted by atomic mass is 9.99. The van der Waals surface area contributed by atoms with Crippen molar-refractivity contribution in [2.24, 2.45) is 5.41 Å². The van der Waals surface area contributed by atoms with E-state index in [1.54, 1.807) is 23.9 Å². The van der Waals surface area contributed by atoms with Gasteiger partial charge >= 0.3 is 5.97 Å². The van der Waals surface area contributed by atoms with Crippen molar-refractivity contribution in [1.29, 1.82) is 0 Å². The van der Waals surface area contributed by atoms with Gasteiger partial charge < -0.3 is 4.74 Å². The predicted octanol–water partition coefficient (Wildman–Crippen LogP) is 2.51. The van der Waals surface area contributed by atoms with Crippen LogP contribution in [-0.2, 0) is 16.2 Å². The molecule has 2 aromatic rings. The Labute approximate surface area is 138 Å². The van der Waals surface area contributed by atoms with Gasteiger partial charge in [0.05, 0.1) is 23.4 Å². The fraction of sp³-hybridized carbons (Fsp3) is 0.438. The summed E-state index contributed by atoms with van der Waals surface area (Å²) in [6.07, 6.45) is 1.44. The number of aromatic amines is 1. The minimum absolute atomic E-state index is 0.0689. The summed E-state index contributed by atoms with van der Waals surface area (Å²) in [5, 5.41) is 3.08. The van der Waals surface area contributed by atoms with E-state index in [-0.39, 0.29) is 11.0 Å². The van der Waals surface area contributed by atoms with Crippen LogP contribution >= 0.6 is 11.8 Å². The van der Waals surface area contributed by atoms with Gasteiger partial charge in [-0.3, -0.25) is 9.89 Å². The number of thioether (sulfide) groups is 1. The van der Waals surface area contributed by atoms with Crippen LogP contribution in [0.3, 0.4) is 0 Å². The number of nitrogens with one attached hydrogen (secondary N) is 1. The minimum atomic E-state index is -0.406. The maximum atomic E-state index is 12.3. The normalized spacial score (nSPS) is 13.9. The van der Waals surface area contributed by atoms with Crippen LogP contribution in [0.2, 0.25) is 0 Å². The van der Waals surface area contributed by atoms with E-state index in [0.29, 0.717) is 18.0 Å². The van der Waals surface area contributed by atoms with Gasteiger partial charge in [0, 0.05) is 17.7 Å². The summed E-state index contributed by atoms with van der Waals surface area (Å²) in [5.74, 6) is 1.61. The second kappa shape index (κ2) is 5.88. The average Bonchev–Trinajstić information content (AvgIpc) is 3.08. The summed E-state index contributed by atoms with van der Waals surface area (Å²) < 4.78 is 6.68. The predicted molar refractivity (Wildman–Crippen MR) is 88.9 cm³/mol. The van der Waals surface area contributed by atoms with E-state index >= 15 is 0 Å². The summed E-state index contributed by atoms with van der Waals surface area (Å²) in [4.78, 5) is 28.5. The van der Waals surface area contributed by atoms with Crippen molar-refractivity contribution in [2.75, 3.05) is 6.61 Å². The SMILES string of the molecule is CC(C)(C)COC(=O)c1ccc(-n2[nH]c3c(c2=O)CSC3)nc1. The zero-order valence-corrected chi connectivity index (χ0v) is 14.2. The Bertz CT molecular complexity index is 784. The third-order valence-corrected chi connectivity index (χ3v) is 4.40. The molecule has 122 valence electrons. The molecule has 0 unspecified atom stereocenters. The van der Waals surface area contributed by atoms with Gasteiger partial charge in [-0.2, -0.15) is 11.8 Å². The molecule has 0 spiro atoms. The number of hydrogen-bond acceptors (Lipinski definition) is 5. The maximum Gasteiger partial charge on any atom is 0.339 e. The molecule has 0 aliphatic carbocycles. The molecule has 2 aromatic heterocycles. The Morgan fingerprint density at radius 1 is 1.39 bits per heavy atom. The van der Waals surface area contributed by atoms with Crippen molar-refractivity contribution >= 4 is 17.7 Å². The quantitative estimate of drug-likeness (QED) is 0.873. The van der Waals surface area contributed by atoms with Gasteiger partial charge in [0.15, 0.2) is 5.82 Å². The molecule has 0 amide bonds. The number of hydrogen-bond donors (Lipinski definition) is 1. The fourth-order valence-electron chi connectivity index (χ4n) is 2.21. The molecular weight excluding hydrogens is 314 g/mol. The van der Waals surface area contributed by atoms with E-state index < -0.39 is 5.97 Å². The van der Waals surface area contributed by atoms with Crippen molar-refractivity contribution in [2.45, 2.75) is 32.3 Å². The van der Waals surface area contributed by atoms with Gasteiger partial charge in [-0.1, -0.05) is 20.8 Å². The number of rotatable bonds is 3. The van der Waals surface area contributed by atoms with E-state index in [2.05, 4.69) is 10.1 Å². The van der Waals surface area contributed by atoms with E-state index in [0.717, 1.165) is 22.8 Å². The van der Waals surface area contributed by atoms with E-state index in [1.165, 1.54) is 10.9 Å². The molecule has 0 bridgehead atoms. The first-order valence-electron chi connectivity index (χ1n) is 7.39. The molecule has 1 aliphatic heterocycles. The average molecular weight is 333 g/mol. The zero-order valence-electron chi connectivity index (χ0n) is 13.4. The molecule has 0 aromatic carbocycles. The van der Waals surface area contributed by atoms with E-state index in [9.17, 15) is 9.59 Å². The Morgan fingerprint density at radius 3 is 2.78 bits per heavy atom. The van der Waals surface area contributed by atoms with Crippen LogP contribution in [0, 0.1) is 5.41 Å². The number of nitrogens with zero attached hydrogens (tertiary/aromatic N) is 2. The third-order valence-electron chi connectivity index (χ3n) is 3.41. The first-order valence-corrected chi connectivity index (χ1v) is 8.55. The largest absolute Gasteiger partial charge is 0.461 e. The van der Waals surface area contributed by atoms with Gasteiger partial charge in [-0.15, -0.1) is 0 Å². The Hall–Kier alpha value is -2.02. The topological polar surface area (TPSA) is 77.0 Å². The molecular formula is C16H19N3O3S. The van der Waals surface area contributed by atoms with Crippen LogP contribution in [0.4, 0.5) is 0 Å². The minimum Gasteiger partial charge on any atom is -0.461 e. The molecule has 0 fully saturated rings. The summed E-state index contributed by atoms with van der Waals surface area (Å²) in [6, 6.07) is 3.27. The lowest BCUT2D eigenvalue weighted by molar-refractivity contribution is 0.0366. The Balaban J connectivity index is 1.77. The van der Waals surface area contributed by atoms with E-state index in [1.807, 2.05) is 20.8 Å². The van der Waals surface area contributed by atoms with E-state index in [4.69, 9.17) is 4.74 Å². The molecule has 0 radical (unpaired) electrons. The molecule has 7 heteroatoms. The lowest BCUT2D eigenvalue weighted by Crippen LogP contribution is -2.20. The van der Waals surface area contributed by atoms with Crippen LogP contribution in [0.25, 0.3) is 5.82 Å². The van der Waals surface area contributed by atoms with Crippen molar-refractivity contribution < 1.29 is 9.53 Å². The molecule has 3 heterocycles. The molecule has 0 atom stereocenters. The van der Waals surface area contributed by atoms with Crippen LogP contribution in [0.5, 0.6) is 0 Å². The number of carbonyl (C=O) groups is 1. The Morgan fingerprint density at radius 2 is 2.17 bits per heavy atom. The first kappa shape index (κ1) is 15.9. The number of aromatic nitrogens is 3. The molecule has 23 heavy (non-hydrogen) atoms. The summed E-state index contributed by atoms with van der Waals surface area (Å²) >= 11 is 1.72. The van der Waals surface area contributed by atoms with Crippen LogP contribution < -0.4 is 5.56 Å². The number of fused-ring (bicyclic) bond motifs is 1. The number of H-pyrrole nitrogens is 1. The van der Waals surface area contributed by atoms with Gasteiger partial charge in [0.1, 0.15) is 0 Å². The number of carbonyl (C=O) groups excluding carboxylic acids is 1. The first-order chi connectivity index (χ1) is 10.8. The van der Waals surface area contributed by atoms with Crippen LogP contribution in [0.1, 0.15) is 42.4 Å². The Kier molecular flexibility index (Phi) is 4.06. The lowest BCUT2D eigenvalue weighted by Gasteiger charge is -2.17.